The maximum absolute atomic E-state index is 14.4. The quantitative estimate of drug-likeness (QED) is 0.153. The van der Waals surface area contributed by atoms with Crippen molar-refractivity contribution in [3.8, 4) is 11.5 Å². The molecule has 48 heavy (non-hydrogen) atoms. The Balaban J connectivity index is 0.000000291. The number of halogens is 3. The highest BCUT2D eigenvalue weighted by molar-refractivity contribution is 5.94. The van der Waals surface area contributed by atoms with Crippen LogP contribution in [0.25, 0.3) is 10.8 Å². The van der Waals surface area contributed by atoms with E-state index in [0.717, 1.165) is 5.56 Å². The number of hydrogen-bond donors (Lipinski definition) is 4. The number of phenolic OH excluding ortho intramolecular Hbond substituents is 1. The number of aromatic hydroxyl groups is 1. The first-order valence-corrected chi connectivity index (χ1v) is 15.7. The molecule has 1 heterocycles. The van der Waals surface area contributed by atoms with Crippen LogP contribution in [0.4, 0.5) is 18.9 Å². The van der Waals surface area contributed by atoms with Crippen LogP contribution in [0.3, 0.4) is 0 Å². The number of benzene rings is 3. The highest BCUT2D eigenvalue weighted by atomic mass is 19.4. The Hall–Kier alpha value is -4.51. The van der Waals surface area contributed by atoms with Gasteiger partial charge in [-0.2, -0.15) is 13.2 Å². The molecule has 2 unspecified atom stereocenters. The number of para-hydroxylation sites is 1. The summed E-state index contributed by atoms with van der Waals surface area (Å²) in [6.45, 7) is 11.1. The zero-order valence-corrected chi connectivity index (χ0v) is 28.4. The number of phenols is 1. The van der Waals surface area contributed by atoms with Crippen LogP contribution < -0.4 is 15.6 Å². The number of carbonyl (C=O) groups is 1. The molecule has 0 saturated heterocycles. The SMILES string of the molecule is CC(C)c1ccc2c(c1O)C(C)(C)CC(O)(C(F)(F)F)C2Nc1cccc2c(=O)[nH]ccc12.COC(=O)c1cccc(C(C)C)c1OC. The molecule has 8 nitrogen and oxygen atoms in total. The van der Waals surface area contributed by atoms with Crippen molar-refractivity contribution >= 4 is 22.4 Å². The number of aliphatic hydroxyl groups is 1. The fourth-order valence-electron chi connectivity index (χ4n) is 6.63. The first-order chi connectivity index (χ1) is 22.4. The summed E-state index contributed by atoms with van der Waals surface area (Å²) in [4.78, 5) is 26.2. The van der Waals surface area contributed by atoms with Crippen molar-refractivity contribution < 1.29 is 37.7 Å². The minimum atomic E-state index is -4.95. The average Bonchev–Trinajstić information content (AvgIpc) is 3.01. The number of methoxy groups -OCH3 is 2. The van der Waals surface area contributed by atoms with Crippen LogP contribution >= 0.6 is 0 Å². The summed E-state index contributed by atoms with van der Waals surface area (Å²) in [6.07, 6.45) is -4.17. The van der Waals surface area contributed by atoms with Gasteiger partial charge in [-0.1, -0.05) is 71.9 Å². The normalized spacial score (nSPS) is 18.6. The maximum Gasteiger partial charge on any atom is 0.419 e. The van der Waals surface area contributed by atoms with Gasteiger partial charge in [0.2, 0.25) is 0 Å². The Kier molecular flexibility index (Phi) is 10.2. The number of H-pyrrole nitrogens is 1. The number of aromatic nitrogens is 1. The highest BCUT2D eigenvalue weighted by Crippen LogP contribution is 2.57. The summed E-state index contributed by atoms with van der Waals surface area (Å²) >= 11 is 0. The summed E-state index contributed by atoms with van der Waals surface area (Å²) < 4.78 is 53.1. The second-order valence-electron chi connectivity index (χ2n) is 13.3. The first-order valence-electron chi connectivity index (χ1n) is 15.7. The number of aromatic amines is 1. The lowest BCUT2D eigenvalue weighted by Gasteiger charge is -2.49. The van der Waals surface area contributed by atoms with Gasteiger partial charge in [-0.15, -0.1) is 0 Å². The molecule has 0 fully saturated rings. The maximum atomic E-state index is 14.4. The Morgan fingerprint density at radius 2 is 1.60 bits per heavy atom. The summed E-state index contributed by atoms with van der Waals surface area (Å²) in [5.74, 6) is 0.474. The van der Waals surface area contributed by atoms with Crippen molar-refractivity contribution in [1.82, 2.24) is 4.98 Å². The lowest BCUT2D eigenvalue weighted by Crippen LogP contribution is -2.58. The second kappa shape index (κ2) is 13.5. The number of pyridine rings is 1. The number of alkyl halides is 3. The van der Waals surface area contributed by atoms with E-state index in [0.29, 0.717) is 39.1 Å². The molecule has 0 amide bonds. The number of fused-ring (bicyclic) bond motifs is 2. The monoisotopic (exact) mass is 668 g/mol. The predicted octanol–water partition coefficient (Wildman–Crippen LogP) is 8.09. The molecule has 1 aliphatic carbocycles. The number of hydrogen-bond acceptors (Lipinski definition) is 7. The predicted molar refractivity (Wildman–Crippen MR) is 180 cm³/mol. The second-order valence-corrected chi connectivity index (χ2v) is 13.3. The van der Waals surface area contributed by atoms with E-state index < -0.39 is 29.7 Å². The van der Waals surface area contributed by atoms with E-state index >= 15 is 0 Å². The number of ether oxygens (including phenoxy) is 2. The molecule has 11 heteroatoms. The average molecular weight is 669 g/mol. The fraction of sp³-hybridized carbons (Fsp3) is 0.405. The van der Waals surface area contributed by atoms with Crippen molar-refractivity contribution in [2.45, 2.75) is 83.0 Å². The third-order valence-corrected chi connectivity index (χ3v) is 8.92. The number of esters is 1. The molecule has 0 bridgehead atoms. The summed E-state index contributed by atoms with van der Waals surface area (Å²) in [6, 6.07) is 13.4. The van der Waals surface area contributed by atoms with Gasteiger partial charge in [0.1, 0.15) is 17.1 Å². The zero-order chi connectivity index (χ0) is 35.8. The molecule has 3 aromatic carbocycles. The molecule has 4 N–H and O–H groups in total. The van der Waals surface area contributed by atoms with E-state index in [1.54, 1.807) is 63.4 Å². The van der Waals surface area contributed by atoms with Gasteiger partial charge >= 0.3 is 12.1 Å². The molecule has 4 aromatic rings. The van der Waals surface area contributed by atoms with Gasteiger partial charge in [0.15, 0.2) is 5.60 Å². The molecule has 0 saturated carbocycles. The van der Waals surface area contributed by atoms with Crippen LogP contribution in [0.15, 0.2) is 65.6 Å². The molecule has 2 atom stereocenters. The van der Waals surface area contributed by atoms with Crippen molar-refractivity contribution in [3.63, 3.8) is 0 Å². The fourth-order valence-corrected chi connectivity index (χ4v) is 6.63. The number of anilines is 1. The van der Waals surface area contributed by atoms with Gasteiger partial charge < -0.3 is 30.0 Å². The lowest BCUT2D eigenvalue weighted by atomic mass is 9.62. The van der Waals surface area contributed by atoms with Crippen LogP contribution in [0.2, 0.25) is 0 Å². The minimum Gasteiger partial charge on any atom is -0.507 e. The first kappa shape index (κ1) is 36.3. The standard InChI is InChI=1S/C25H27F3N2O3.C12H16O3/c1-13(2)14-8-9-17-19(20(14)31)23(3,4)12-24(33,25(26,27)28)21(17)30-18-7-5-6-16-15(18)10-11-29-22(16)32;1-8(2)9-6-5-7-10(11(9)14-3)12(13)15-4/h5-11,13,21,30-31,33H,12H2,1-4H3,(H,29,32);5-8H,1-4H3. The molecule has 258 valence electrons. The topological polar surface area (TPSA) is 121 Å². The van der Waals surface area contributed by atoms with Crippen LogP contribution in [0.1, 0.15) is 98.5 Å². The van der Waals surface area contributed by atoms with Gasteiger partial charge in [0.05, 0.1) is 20.3 Å². The Labute approximate surface area is 277 Å². The third kappa shape index (κ3) is 6.60. The Bertz CT molecular complexity index is 1860. The van der Waals surface area contributed by atoms with E-state index in [1.807, 2.05) is 26.0 Å². The van der Waals surface area contributed by atoms with Crippen LogP contribution in [0.5, 0.6) is 11.5 Å². The molecule has 1 aliphatic rings. The molecule has 0 aliphatic heterocycles. The van der Waals surface area contributed by atoms with Gasteiger partial charge in [0, 0.05) is 28.2 Å². The minimum absolute atomic E-state index is 0.0364. The lowest BCUT2D eigenvalue weighted by molar-refractivity contribution is -0.275. The van der Waals surface area contributed by atoms with Crippen molar-refractivity contribution in [2.75, 3.05) is 19.5 Å². The van der Waals surface area contributed by atoms with E-state index in [4.69, 9.17) is 9.47 Å². The van der Waals surface area contributed by atoms with E-state index in [9.17, 15) is 33.0 Å². The van der Waals surface area contributed by atoms with E-state index in [1.165, 1.54) is 13.3 Å². The molecule has 1 aromatic heterocycles. The third-order valence-electron chi connectivity index (χ3n) is 8.92. The molecule has 5 rings (SSSR count). The molecular formula is C37H43F3N2O6. The summed E-state index contributed by atoms with van der Waals surface area (Å²) in [7, 11) is 2.93. The van der Waals surface area contributed by atoms with Crippen LogP contribution in [-0.4, -0.2) is 47.2 Å². The van der Waals surface area contributed by atoms with Crippen molar-refractivity contribution in [2.24, 2.45) is 0 Å². The smallest absolute Gasteiger partial charge is 0.419 e. The summed E-state index contributed by atoms with van der Waals surface area (Å²) in [5, 5.41) is 25.9. The molecular weight excluding hydrogens is 625 g/mol. The molecule has 0 radical (unpaired) electrons. The van der Waals surface area contributed by atoms with Gasteiger partial charge in [-0.3, -0.25) is 4.79 Å². The van der Waals surface area contributed by atoms with Crippen molar-refractivity contribution in [3.05, 3.63) is 99.0 Å². The van der Waals surface area contributed by atoms with Gasteiger partial charge in [0.25, 0.3) is 5.56 Å². The number of carbonyl (C=O) groups excluding carboxylic acids is 1. The van der Waals surface area contributed by atoms with Crippen LogP contribution in [-0.2, 0) is 10.2 Å². The van der Waals surface area contributed by atoms with Crippen LogP contribution in [0, 0.1) is 0 Å². The van der Waals surface area contributed by atoms with Crippen molar-refractivity contribution in [1.29, 1.82) is 0 Å². The Morgan fingerprint density at radius 3 is 2.19 bits per heavy atom. The van der Waals surface area contributed by atoms with E-state index in [2.05, 4.69) is 24.1 Å². The highest BCUT2D eigenvalue weighted by Gasteiger charge is 2.64. The number of nitrogens with one attached hydrogen (secondary N) is 2. The molecule has 0 spiro atoms. The largest absolute Gasteiger partial charge is 0.507 e. The number of rotatable bonds is 6. The van der Waals surface area contributed by atoms with Gasteiger partial charge in [-0.05, 0) is 64.6 Å². The Morgan fingerprint density at radius 1 is 0.958 bits per heavy atom. The van der Waals surface area contributed by atoms with Gasteiger partial charge in [-0.25, -0.2) is 4.79 Å². The zero-order valence-electron chi connectivity index (χ0n) is 28.4. The van der Waals surface area contributed by atoms with E-state index in [-0.39, 0.29) is 34.4 Å². The summed E-state index contributed by atoms with van der Waals surface area (Å²) in [5.41, 5.74) is -1.66.